The van der Waals surface area contributed by atoms with Crippen LogP contribution in [0.25, 0.3) is 0 Å². The van der Waals surface area contributed by atoms with Gasteiger partial charge in [0.15, 0.2) is 5.60 Å². The third-order valence-corrected chi connectivity index (χ3v) is 4.97. The Bertz CT molecular complexity index is 782. The number of hydrogen-bond acceptors (Lipinski definition) is 4. The Morgan fingerprint density at radius 1 is 1.00 bits per heavy atom. The van der Waals surface area contributed by atoms with Crippen LogP contribution in [0.4, 0.5) is 0 Å². The number of carboxylic acids is 1. The van der Waals surface area contributed by atoms with E-state index in [-0.39, 0.29) is 11.5 Å². The minimum atomic E-state index is -0.947. The van der Waals surface area contributed by atoms with E-state index in [2.05, 4.69) is 5.32 Å². The Morgan fingerprint density at radius 3 is 2.32 bits per heavy atom. The highest BCUT2D eigenvalue weighted by atomic mass is 16.5. The van der Waals surface area contributed by atoms with Crippen molar-refractivity contribution in [3.63, 3.8) is 0 Å². The third kappa shape index (κ3) is 5.18. The lowest BCUT2D eigenvalue weighted by Gasteiger charge is -2.35. The predicted octanol–water partition coefficient (Wildman–Crippen LogP) is 2.81. The molecule has 2 N–H and O–H groups in total. The third-order valence-electron chi connectivity index (χ3n) is 4.97. The molecular weight excluding hydrogens is 358 g/mol. The van der Waals surface area contributed by atoms with E-state index in [1.165, 1.54) is 0 Å². The standard InChI is InChI=1S/C22H25NO5/c24-20(25)19-8-6-17(7-9-19)10-13-23-21(26)22(11-14-27-15-12-22)28-16-18-4-2-1-3-5-18/h1-9H,10-16H2,(H,23,26)(H,24,25). The summed E-state index contributed by atoms with van der Waals surface area (Å²) in [4.78, 5) is 23.8. The number of nitrogens with one attached hydrogen (secondary N) is 1. The molecule has 6 nitrogen and oxygen atoms in total. The van der Waals surface area contributed by atoms with E-state index < -0.39 is 11.6 Å². The molecule has 1 aliphatic rings. The van der Waals surface area contributed by atoms with Crippen molar-refractivity contribution >= 4 is 11.9 Å². The van der Waals surface area contributed by atoms with Crippen LogP contribution in [0.5, 0.6) is 0 Å². The van der Waals surface area contributed by atoms with Crippen molar-refractivity contribution in [3.05, 3.63) is 71.3 Å². The van der Waals surface area contributed by atoms with Gasteiger partial charge in [-0.3, -0.25) is 4.79 Å². The Hall–Kier alpha value is -2.70. The number of carboxylic acid groups (broad SMARTS) is 1. The van der Waals surface area contributed by atoms with Gasteiger partial charge in [-0.1, -0.05) is 42.5 Å². The van der Waals surface area contributed by atoms with Crippen LogP contribution in [0.15, 0.2) is 54.6 Å². The fourth-order valence-electron chi connectivity index (χ4n) is 3.23. The lowest BCUT2D eigenvalue weighted by atomic mass is 9.92. The Labute approximate surface area is 164 Å². The fraction of sp³-hybridized carbons (Fsp3) is 0.364. The number of rotatable bonds is 8. The lowest BCUT2D eigenvalue weighted by Crippen LogP contribution is -2.52. The molecule has 3 rings (SSSR count). The van der Waals surface area contributed by atoms with Crippen LogP contribution < -0.4 is 5.32 Å². The van der Waals surface area contributed by atoms with Crippen LogP contribution in [0.3, 0.4) is 0 Å². The van der Waals surface area contributed by atoms with Crippen LogP contribution in [0, 0.1) is 0 Å². The second-order valence-electron chi connectivity index (χ2n) is 6.89. The molecule has 1 saturated heterocycles. The summed E-state index contributed by atoms with van der Waals surface area (Å²) in [6.07, 6.45) is 1.68. The monoisotopic (exact) mass is 383 g/mol. The zero-order valence-electron chi connectivity index (χ0n) is 15.7. The summed E-state index contributed by atoms with van der Waals surface area (Å²) in [6, 6.07) is 16.5. The quantitative estimate of drug-likeness (QED) is 0.732. The Morgan fingerprint density at radius 2 is 1.68 bits per heavy atom. The molecule has 6 heteroatoms. The zero-order valence-corrected chi connectivity index (χ0v) is 15.7. The van der Waals surface area contributed by atoms with Crippen molar-refractivity contribution in [2.45, 2.75) is 31.5 Å². The normalized spacial score (nSPS) is 15.7. The summed E-state index contributed by atoms with van der Waals surface area (Å²) < 4.78 is 11.5. The molecule has 0 saturated carbocycles. The van der Waals surface area contributed by atoms with E-state index in [1.807, 2.05) is 30.3 Å². The maximum Gasteiger partial charge on any atom is 0.335 e. The minimum Gasteiger partial charge on any atom is -0.478 e. The second kappa shape index (κ2) is 9.48. The van der Waals surface area contributed by atoms with Crippen molar-refractivity contribution in [1.29, 1.82) is 0 Å². The van der Waals surface area contributed by atoms with E-state index in [4.69, 9.17) is 14.6 Å². The van der Waals surface area contributed by atoms with Crippen LogP contribution >= 0.6 is 0 Å². The number of aromatic carboxylic acids is 1. The zero-order chi connectivity index (χ0) is 19.8. The van der Waals surface area contributed by atoms with Crippen molar-refractivity contribution in [2.75, 3.05) is 19.8 Å². The second-order valence-corrected chi connectivity index (χ2v) is 6.89. The number of ether oxygens (including phenoxy) is 2. The molecule has 0 aromatic heterocycles. The maximum atomic E-state index is 12.9. The average molecular weight is 383 g/mol. The number of carbonyl (C=O) groups excluding carboxylic acids is 1. The number of amides is 1. The molecule has 148 valence electrons. The van der Waals surface area contributed by atoms with Gasteiger partial charge in [0.25, 0.3) is 5.91 Å². The van der Waals surface area contributed by atoms with Gasteiger partial charge in [-0.2, -0.15) is 0 Å². The van der Waals surface area contributed by atoms with Gasteiger partial charge in [0, 0.05) is 32.6 Å². The molecule has 0 unspecified atom stereocenters. The molecule has 1 amide bonds. The molecule has 0 atom stereocenters. The summed E-state index contributed by atoms with van der Waals surface area (Å²) in [5, 5.41) is 11.9. The topological polar surface area (TPSA) is 84.9 Å². The van der Waals surface area contributed by atoms with Gasteiger partial charge >= 0.3 is 5.97 Å². The Balaban J connectivity index is 1.56. The molecule has 0 radical (unpaired) electrons. The molecule has 28 heavy (non-hydrogen) atoms. The highest BCUT2D eigenvalue weighted by Gasteiger charge is 2.41. The van der Waals surface area contributed by atoms with Crippen LogP contribution in [0.1, 0.15) is 34.3 Å². The molecular formula is C22H25NO5. The van der Waals surface area contributed by atoms with Gasteiger partial charge in [0.05, 0.1) is 12.2 Å². The summed E-state index contributed by atoms with van der Waals surface area (Å²) in [6.45, 7) is 1.84. The lowest BCUT2D eigenvalue weighted by molar-refractivity contribution is -0.163. The molecule has 0 spiro atoms. The van der Waals surface area contributed by atoms with E-state index in [1.54, 1.807) is 24.3 Å². The first-order valence-corrected chi connectivity index (χ1v) is 9.45. The van der Waals surface area contributed by atoms with Gasteiger partial charge in [-0.15, -0.1) is 0 Å². The summed E-state index contributed by atoms with van der Waals surface area (Å²) in [5.41, 5.74) is 1.38. The SMILES string of the molecule is O=C(O)c1ccc(CCNC(=O)C2(OCc3ccccc3)CCOCC2)cc1. The smallest absolute Gasteiger partial charge is 0.335 e. The van der Waals surface area contributed by atoms with E-state index in [0.29, 0.717) is 45.6 Å². The fourth-order valence-corrected chi connectivity index (χ4v) is 3.23. The van der Waals surface area contributed by atoms with Crippen LogP contribution in [-0.4, -0.2) is 42.3 Å². The van der Waals surface area contributed by atoms with Crippen molar-refractivity contribution in [1.82, 2.24) is 5.32 Å². The van der Waals surface area contributed by atoms with Gasteiger partial charge < -0.3 is 19.9 Å². The summed E-state index contributed by atoms with van der Waals surface area (Å²) in [7, 11) is 0. The highest BCUT2D eigenvalue weighted by molar-refractivity contribution is 5.87. The average Bonchev–Trinajstić information content (AvgIpc) is 2.74. The van der Waals surface area contributed by atoms with E-state index >= 15 is 0 Å². The van der Waals surface area contributed by atoms with Gasteiger partial charge in [0.2, 0.25) is 0 Å². The number of benzene rings is 2. The minimum absolute atomic E-state index is 0.117. The molecule has 0 aliphatic carbocycles. The molecule has 1 heterocycles. The van der Waals surface area contributed by atoms with Crippen LogP contribution in [-0.2, 0) is 27.3 Å². The maximum absolute atomic E-state index is 12.9. The van der Waals surface area contributed by atoms with E-state index in [0.717, 1.165) is 11.1 Å². The van der Waals surface area contributed by atoms with Gasteiger partial charge in [-0.25, -0.2) is 4.79 Å². The molecule has 1 aliphatic heterocycles. The van der Waals surface area contributed by atoms with Crippen molar-refractivity contribution in [3.8, 4) is 0 Å². The van der Waals surface area contributed by atoms with Crippen LogP contribution in [0.2, 0.25) is 0 Å². The van der Waals surface area contributed by atoms with Crippen molar-refractivity contribution in [2.24, 2.45) is 0 Å². The first-order chi connectivity index (χ1) is 13.6. The number of hydrogen-bond donors (Lipinski definition) is 2. The molecule has 1 fully saturated rings. The van der Waals surface area contributed by atoms with E-state index in [9.17, 15) is 9.59 Å². The molecule has 2 aromatic carbocycles. The van der Waals surface area contributed by atoms with Crippen molar-refractivity contribution < 1.29 is 24.2 Å². The first kappa shape index (κ1) is 20.0. The number of carbonyl (C=O) groups is 2. The first-order valence-electron chi connectivity index (χ1n) is 9.45. The highest BCUT2D eigenvalue weighted by Crippen LogP contribution is 2.27. The summed E-state index contributed by atoms with van der Waals surface area (Å²) in [5.74, 6) is -1.06. The van der Waals surface area contributed by atoms with Gasteiger partial charge in [-0.05, 0) is 29.7 Å². The molecule has 2 aromatic rings. The Kier molecular flexibility index (Phi) is 6.79. The molecule has 0 bridgehead atoms. The predicted molar refractivity (Wildman–Crippen MR) is 104 cm³/mol. The van der Waals surface area contributed by atoms with Gasteiger partial charge in [0.1, 0.15) is 0 Å². The largest absolute Gasteiger partial charge is 0.478 e. The summed E-state index contributed by atoms with van der Waals surface area (Å²) >= 11 is 0.